The Morgan fingerprint density at radius 1 is 1.14 bits per heavy atom. The van der Waals surface area contributed by atoms with Crippen molar-refractivity contribution in [3.63, 3.8) is 0 Å². The first-order valence-corrected chi connectivity index (χ1v) is 19.4. The molecular formula is C35H44BrClN8O3S. The lowest BCUT2D eigenvalue weighted by molar-refractivity contribution is 0.0982. The minimum absolute atomic E-state index is 0.274. The highest BCUT2D eigenvalue weighted by molar-refractivity contribution is 9.12. The van der Waals surface area contributed by atoms with Crippen LogP contribution in [0.1, 0.15) is 24.0 Å². The standard InChI is InChI=1S/C35H44BrClN8O3S/c1-5-7-24-21-27(29(37)22-31(24)44-13-10-25(11-14-44)43-18-16-42(3)17-19-43)35(38)39-23-28(36)34(41-35)40-30-8-9-32(48-20-6-2)26-12-15-45(33(26)30)49(4,46)47/h5-6,8-9,12,15,21-23,25,39H,1-2,7,10-11,13-14,16-20,38H2,3-4H3,(H,40,41). The van der Waals surface area contributed by atoms with Gasteiger partial charge in [-0.1, -0.05) is 30.3 Å². The smallest absolute Gasteiger partial charge is 0.236 e. The van der Waals surface area contributed by atoms with Crippen LogP contribution >= 0.6 is 27.5 Å². The summed E-state index contributed by atoms with van der Waals surface area (Å²) in [5.74, 6) is -0.507. The van der Waals surface area contributed by atoms with Crippen molar-refractivity contribution >= 4 is 65.7 Å². The van der Waals surface area contributed by atoms with Crippen LogP contribution in [0, 0.1) is 0 Å². The number of piperazine rings is 1. The number of piperidine rings is 1. The summed E-state index contributed by atoms with van der Waals surface area (Å²) in [5, 5.41) is 7.63. The minimum atomic E-state index is -3.64. The molecule has 2 aromatic carbocycles. The third-order valence-electron chi connectivity index (χ3n) is 9.48. The molecule has 11 nitrogen and oxygen atoms in total. The number of likely N-dealkylation sites (N-methyl/N-ethyl adjacent to an activating group) is 1. The van der Waals surface area contributed by atoms with Gasteiger partial charge < -0.3 is 25.2 Å². The second-order valence-corrected chi connectivity index (χ2v) is 16.0. The molecule has 3 aromatic rings. The molecule has 0 bridgehead atoms. The van der Waals surface area contributed by atoms with Gasteiger partial charge in [-0.3, -0.25) is 10.6 Å². The van der Waals surface area contributed by atoms with Gasteiger partial charge in [-0.05, 0) is 78.1 Å². The highest BCUT2D eigenvalue weighted by Crippen LogP contribution is 2.38. The number of benzene rings is 2. The Hall–Kier alpha value is -3.33. The molecule has 49 heavy (non-hydrogen) atoms. The van der Waals surface area contributed by atoms with E-state index in [0.29, 0.717) is 55.7 Å². The lowest BCUT2D eigenvalue weighted by Gasteiger charge is -2.43. The quantitative estimate of drug-likeness (QED) is 0.244. The van der Waals surface area contributed by atoms with E-state index in [-0.39, 0.29) is 6.61 Å². The number of amidine groups is 1. The number of ether oxygens (including phenoxy) is 1. The van der Waals surface area contributed by atoms with Crippen LogP contribution < -0.4 is 26.0 Å². The zero-order valence-electron chi connectivity index (χ0n) is 28.0. The Morgan fingerprint density at radius 2 is 1.88 bits per heavy atom. The van der Waals surface area contributed by atoms with Crippen LogP contribution in [0.4, 0.5) is 11.4 Å². The van der Waals surface area contributed by atoms with Crippen LogP contribution in [-0.2, 0) is 22.2 Å². The summed E-state index contributed by atoms with van der Waals surface area (Å²) >= 11 is 10.6. The van der Waals surface area contributed by atoms with Gasteiger partial charge in [0.05, 0.1) is 27.0 Å². The van der Waals surface area contributed by atoms with Crippen LogP contribution in [0.3, 0.4) is 0 Å². The van der Waals surface area contributed by atoms with Crippen molar-refractivity contribution in [3.8, 4) is 5.75 Å². The predicted octanol–water partition coefficient (Wildman–Crippen LogP) is 5.03. The molecule has 0 aliphatic carbocycles. The van der Waals surface area contributed by atoms with E-state index >= 15 is 0 Å². The van der Waals surface area contributed by atoms with Crippen molar-refractivity contribution in [2.75, 3.05) is 69.4 Å². The van der Waals surface area contributed by atoms with E-state index in [2.05, 4.69) is 61.5 Å². The van der Waals surface area contributed by atoms with Gasteiger partial charge >= 0.3 is 0 Å². The van der Waals surface area contributed by atoms with E-state index in [0.717, 1.165) is 69.6 Å². The number of aromatic nitrogens is 1. The monoisotopic (exact) mass is 770 g/mol. The lowest BCUT2D eigenvalue weighted by atomic mass is 9.97. The Morgan fingerprint density at radius 3 is 2.55 bits per heavy atom. The Kier molecular flexibility index (Phi) is 10.5. The van der Waals surface area contributed by atoms with Crippen molar-refractivity contribution < 1.29 is 13.2 Å². The maximum Gasteiger partial charge on any atom is 0.236 e. The SMILES string of the molecule is C=CCOc1ccc(NC2=NC(N)(c3cc(CC=C)c(N4CCC(N5CCN(C)CC5)CC4)cc3Cl)NC=C2Br)c2c1ccn2S(C)(=O)=O. The number of nitrogens with two attached hydrogens (primary N) is 1. The number of allylic oxidation sites excluding steroid dienone is 1. The van der Waals surface area contributed by atoms with Crippen molar-refractivity contribution in [3.05, 3.63) is 88.7 Å². The summed E-state index contributed by atoms with van der Waals surface area (Å²) in [6.07, 6.45) is 10.7. The van der Waals surface area contributed by atoms with Gasteiger partial charge in [0.1, 0.15) is 18.2 Å². The molecule has 4 heterocycles. The minimum Gasteiger partial charge on any atom is -0.489 e. The largest absolute Gasteiger partial charge is 0.489 e. The van der Waals surface area contributed by atoms with Crippen LogP contribution in [-0.4, -0.2) is 93.2 Å². The van der Waals surface area contributed by atoms with E-state index in [9.17, 15) is 8.42 Å². The van der Waals surface area contributed by atoms with Crippen molar-refractivity contribution in [1.82, 2.24) is 19.1 Å². The highest BCUT2D eigenvalue weighted by Gasteiger charge is 2.35. The molecule has 1 aromatic heterocycles. The van der Waals surface area contributed by atoms with Gasteiger partial charge in [-0.25, -0.2) is 17.4 Å². The van der Waals surface area contributed by atoms with Gasteiger partial charge in [0.25, 0.3) is 0 Å². The van der Waals surface area contributed by atoms with E-state index < -0.39 is 15.8 Å². The van der Waals surface area contributed by atoms with Gasteiger partial charge in [-0.15, -0.1) is 6.58 Å². The first-order chi connectivity index (χ1) is 23.4. The number of nitrogens with one attached hydrogen (secondary N) is 2. The fraction of sp³-hybridized carbons (Fsp3) is 0.400. The third-order valence-corrected chi connectivity index (χ3v) is 11.4. The molecule has 3 aliphatic heterocycles. The number of aliphatic imine (C=N–C) groups is 1. The molecule has 0 spiro atoms. The zero-order chi connectivity index (χ0) is 34.9. The Bertz CT molecular complexity index is 1910. The van der Waals surface area contributed by atoms with E-state index in [1.54, 1.807) is 30.5 Å². The summed E-state index contributed by atoms with van der Waals surface area (Å²) in [6.45, 7) is 14.4. The molecular weight excluding hydrogens is 728 g/mol. The molecule has 2 fully saturated rings. The van der Waals surface area contributed by atoms with Crippen LogP contribution in [0.15, 0.2) is 77.5 Å². The van der Waals surface area contributed by atoms with Gasteiger partial charge in [0.2, 0.25) is 15.8 Å². The normalized spacial score (nSPS) is 21.2. The number of anilines is 2. The van der Waals surface area contributed by atoms with Crippen LogP contribution in [0.2, 0.25) is 5.02 Å². The van der Waals surface area contributed by atoms with E-state index in [1.165, 1.54) is 10.2 Å². The second kappa shape index (κ2) is 14.5. The van der Waals surface area contributed by atoms with Gasteiger partial charge in [0, 0.05) is 74.3 Å². The summed E-state index contributed by atoms with van der Waals surface area (Å²) in [6, 6.07) is 9.86. The second-order valence-electron chi connectivity index (χ2n) is 12.8. The van der Waals surface area contributed by atoms with Crippen molar-refractivity contribution in [2.24, 2.45) is 10.7 Å². The average molecular weight is 772 g/mol. The molecule has 0 saturated carbocycles. The topological polar surface area (TPSA) is 120 Å². The summed E-state index contributed by atoms with van der Waals surface area (Å²) in [5.41, 5.74) is 10.7. The number of nitrogens with zero attached hydrogens (tertiary/aromatic N) is 5. The summed E-state index contributed by atoms with van der Waals surface area (Å²) in [7, 11) is -1.45. The van der Waals surface area contributed by atoms with E-state index in [4.69, 9.17) is 27.1 Å². The highest BCUT2D eigenvalue weighted by atomic mass is 79.9. The molecule has 14 heteroatoms. The molecule has 0 radical (unpaired) electrons. The van der Waals surface area contributed by atoms with E-state index in [1.807, 2.05) is 18.2 Å². The first kappa shape index (κ1) is 35.5. The molecule has 1 unspecified atom stereocenters. The molecule has 0 amide bonds. The maximum atomic E-state index is 12.8. The molecule has 1 atom stereocenters. The van der Waals surface area contributed by atoms with Crippen LogP contribution in [0.5, 0.6) is 5.75 Å². The number of rotatable bonds is 10. The number of fused-ring (bicyclic) bond motifs is 1. The van der Waals surface area contributed by atoms with Gasteiger partial charge in [0.15, 0.2) is 0 Å². The molecule has 262 valence electrons. The van der Waals surface area contributed by atoms with Gasteiger partial charge in [-0.2, -0.15) is 0 Å². The zero-order valence-corrected chi connectivity index (χ0v) is 31.1. The Labute approximate surface area is 302 Å². The first-order valence-electron chi connectivity index (χ1n) is 16.4. The number of hydrogen-bond donors (Lipinski definition) is 3. The van der Waals surface area contributed by atoms with Crippen molar-refractivity contribution in [2.45, 2.75) is 31.1 Å². The third kappa shape index (κ3) is 7.42. The molecule has 3 aliphatic rings. The summed E-state index contributed by atoms with van der Waals surface area (Å²) in [4.78, 5) is 12.4. The van der Waals surface area contributed by atoms with Crippen LogP contribution in [0.25, 0.3) is 10.9 Å². The fourth-order valence-corrected chi connectivity index (χ4v) is 8.30. The predicted molar refractivity (Wildman–Crippen MR) is 205 cm³/mol. The Balaban J connectivity index is 1.30. The van der Waals surface area contributed by atoms with Crippen molar-refractivity contribution in [1.29, 1.82) is 0 Å². The number of halogens is 2. The maximum absolute atomic E-state index is 12.8. The summed E-state index contributed by atoms with van der Waals surface area (Å²) < 4.78 is 33.2. The molecule has 6 rings (SSSR count). The lowest BCUT2D eigenvalue weighted by Crippen LogP contribution is -2.52. The fourth-order valence-electron chi connectivity index (χ4n) is 6.89. The average Bonchev–Trinajstić information content (AvgIpc) is 3.54. The number of hydrogen-bond acceptors (Lipinski definition) is 10. The molecule has 2 saturated heterocycles. The molecule has 4 N–H and O–H groups in total.